The Hall–Kier alpha value is -3.39. The molecule has 0 saturated carbocycles. The van der Waals surface area contributed by atoms with E-state index in [1.165, 1.54) is 12.1 Å². The summed E-state index contributed by atoms with van der Waals surface area (Å²) in [6, 6.07) is 18.2. The van der Waals surface area contributed by atoms with Gasteiger partial charge < -0.3 is 10.1 Å². The lowest BCUT2D eigenvalue weighted by Gasteiger charge is -2.24. The van der Waals surface area contributed by atoms with Gasteiger partial charge in [0, 0.05) is 18.9 Å². The van der Waals surface area contributed by atoms with Crippen molar-refractivity contribution in [1.82, 2.24) is 10.3 Å². The number of ether oxygens (including phenoxy) is 1. The summed E-state index contributed by atoms with van der Waals surface area (Å²) in [5.41, 5.74) is 1.20. The first-order chi connectivity index (χ1) is 14.5. The van der Waals surface area contributed by atoms with Gasteiger partial charge in [-0.3, -0.25) is 14.1 Å². The van der Waals surface area contributed by atoms with Crippen LogP contribution in [0.1, 0.15) is 12.5 Å². The third-order valence-corrected chi connectivity index (χ3v) is 6.05. The van der Waals surface area contributed by atoms with Gasteiger partial charge in [-0.25, -0.2) is 8.42 Å². The topological polar surface area (TPSA) is 88.6 Å². The van der Waals surface area contributed by atoms with Crippen molar-refractivity contribution in [3.05, 3.63) is 84.7 Å². The third kappa shape index (κ3) is 5.36. The molecular weight excluding hydrogens is 402 g/mol. The Balaban J connectivity index is 1.84. The molecule has 3 rings (SSSR count). The van der Waals surface area contributed by atoms with Gasteiger partial charge in [-0.2, -0.15) is 0 Å². The second-order valence-electron chi connectivity index (χ2n) is 6.39. The summed E-state index contributed by atoms with van der Waals surface area (Å²) in [7, 11) is -3.94. The predicted octanol–water partition coefficient (Wildman–Crippen LogP) is 2.99. The first-order valence-corrected chi connectivity index (χ1v) is 10.9. The highest BCUT2D eigenvalue weighted by Gasteiger charge is 2.27. The van der Waals surface area contributed by atoms with Crippen molar-refractivity contribution < 1.29 is 17.9 Å². The van der Waals surface area contributed by atoms with Crippen LogP contribution < -0.4 is 14.4 Å². The van der Waals surface area contributed by atoms with Gasteiger partial charge in [-0.1, -0.05) is 24.3 Å². The van der Waals surface area contributed by atoms with E-state index in [1.807, 2.05) is 13.0 Å². The summed E-state index contributed by atoms with van der Waals surface area (Å²) in [6.07, 6.45) is 3.29. The van der Waals surface area contributed by atoms with E-state index < -0.39 is 15.9 Å². The van der Waals surface area contributed by atoms with Crippen LogP contribution in [-0.4, -0.2) is 32.5 Å². The fourth-order valence-electron chi connectivity index (χ4n) is 2.80. The number of nitrogens with zero attached hydrogens (tertiary/aromatic N) is 2. The number of amides is 1. The Kier molecular flexibility index (Phi) is 7.03. The normalized spacial score (nSPS) is 11.0. The molecule has 8 heteroatoms. The van der Waals surface area contributed by atoms with Crippen molar-refractivity contribution >= 4 is 21.6 Å². The number of carbonyl (C=O) groups is 1. The molecule has 156 valence electrons. The number of hydrogen-bond acceptors (Lipinski definition) is 5. The van der Waals surface area contributed by atoms with E-state index in [0.29, 0.717) is 18.0 Å². The minimum absolute atomic E-state index is 0.110. The Labute approximate surface area is 176 Å². The van der Waals surface area contributed by atoms with E-state index >= 15 is 0 Å². The molecule has 0 radical (unpaired) electrons. The van der Waals surface area contributed by atoms with Gasteiger partial charge in [0.25, 0.3) is 10.0 Å². The minimum Gasteiger partial charge on any atom is -0.494 e. The van der Waals surface area contributed by atoms with Gasteiger partial charge >= 0.3 is 0 Å². The van der Waals surface area contributed by atoms with Crippen LogP contribution in [0.2, 0.25) is 0 Å². The van der Waals surface area contributed by atoms with E-state index in [2.05, 4.69) is 10.3 Å². The zero-order valence-electron chi connectivity index (χ0n) is 16.6. The molecule has 7 nitrogen and oxygen atoms in total. The fourth-order valence-corrected chi connectivity index (χ4v) is 4.24. The van der Waals surface area contributed by atoms with Gasteiger partial charge in [0.15, 0.2) is 0 Å². The Morgan fingerprint density at radius 3 is 2.40 bits per heavy atom. The van der Waals surface area contributed by atoms with Crippen LogP contribution in [0.3, 0.4) is 0 Å². The van der Waals surface area contributed by atoms with Gasteiger partial charge in [-0.05, 0) is 55.0 Å². The maximum Gasteiger partial charge on any atom is 0.264 e. The molecule has 0 fully saturated rings. The summed E-state index contributed by atoms with van der Waals surface area (Å²) >= 11 is 0. The van der Waals surface area contributed by atoms with E-state index in [9.17, 15) is 13.2 Å². The minimum atomic E-state index is -3.94. The number of aromatic nitrogens is 1. The first kappa shape index (κ1) is 21.3. The Morgan fingerprint density at radius 2 is 1.77 bits per heavy atom. The Morgan fingerprint density at radius 1 is 1.03 bits per heavy atom. The number of anilines is 1. The van der Waals surface area contributed by atoms with Crippen LogP contribution in [0, 0.1) is 0 Å². The van der Waals surface area contributed by atoms with Crippen LogP contribution in [0.25, 0.3) is 0 Å². The molecule has 1 heterocycles. The summed E-state index contributed by atoms with van der Waals surface area (Å²) in [6.45, 7) is 2.27. The monoisotopic (exact) mass is 425 g/mol. The average molecular weight is 426 g/mol. The molecule has 0 saturated heterocycles. The quantitative estimate of drug-likeness (QED) is 0.569. The number of benzene rings is 2. The van der Waals surface area contributed by atoms with E-state index in [-0.39, 0.29) is 18.0 Å². The largest absolute Gasteiger partial charge is 0.494 e. The molecule has 0 bridgehead atoms. The fraction of sp³-hybridized carbons (Fsp3) is 0.182. The van der Waals surface area contributed by atoms with Gasteiger partial charge in [0.1, 0.15) is 12.3 Å². The highest BCUT2D eigenvalue weighted by atomic mass is 32.2. The number of pyridine rings is 1. The average Bonchev–Trinajstić information content (AvgIpc) is 2.78. The smallest absolute Gasteiger partial charge is 0.264 e. The number of carbonyl (C=O) groups excluding carboxylic acids is 1. The molecule has 0 spiro atoms. The number of rotatable bonds is 9. The van der Waals surface area contributed by atoms with E-state index in [1.54, 1.807) is 60.9 Å². The lowest BCUT2D eigenvalue weighted by Crippen LogP contribution is -2.40. The van der Waals surface area contributed by atoms with Gasteiger partial charge in [-0.15, -0.1) is 0 Å². The van der Waals surface area contributed by atoms with Gasteiger partial charge in [0.2, 0.25) is 5.91 Å². The zero-order chi connectivity index (χ0) is 21.4. The molecule has 0 unspecified atom stereocenters. The highest BCUT2D eigenvalue weighted by Crippen LogP contribution is 2.25. The second kappa shape index (κ2) is 9.89. The van der Waals surface area contributed by atoms with Crippen LogP contribution in [0.15, 0.2) is 84.0 Å². The van der Waals surface area contributed by atoms with Crippen LogP contribution in [0.5, 0.6) is 5.75 Å². The van der Waals surface area contributed by atoms with Crippen molar-refractivity contribution in [2.24, 2.45) is 0 Å². The van der Waals surface area contributed by atoms with Crippen molar-refractivity contribution in [3.63, 3.8) is 0 Å². The molecule has 30 heavy (non-hydrogen) atoms. The second-order valence-corrected chi connectivity index (χ2v) is 8.25. The molecule has 1 N–H and O–H groups in total. The summed E-state index contributed by atoms with van der Waals surface area (Å²) < 4.78 is 33.0. The number of hydrogen-bond donors (Lipinski definition) is 1. The van der Waals surface area contributed by atoms with Crippen molar-refractivity contribution in [1.29, 1.82) is 0 Å². The summed E-state index contributed by atoms with van der Waals surface area (Å²) in [5, 5.41) is 2.74. The molecule has 0 aliphatic rings. The Bertz CT molecular complexity index is 1060. The maximum atomic E-state index is 13.3. The summed E-state index contributed by atoms with van der Waals surface area (Å²) in [5.74, 6) is 0.201. The molecule has 1 aromatic heterocycles. The molecule has 0 atom stereocenters. The van der Waals surface area contributed by atoms with E-state index in [4.69, 9.17) is 4.74 Å². The molecule has 3 aromatic rings. The van der Waals surface area contributed by atoms with Crippen molar-refractivity contribution in [2.45, 2.75) is 18.4 Å². The van der Waals surface area contributed by atoms with Crippen LogP contribution >= 0.6 is 0 Å². The standard InChI is InChI=1S/C22H23N3O4S/c1-2-29-20-12-10-19(11-13-20)25(30(27,28)21-8-4-3-5-9-21)17-22(26)24-16-18-7-6-14-23-15-18/h3-15H,2,16-17H2,1H3,(H,24,26). The zero-order valence-corrected chi connectivity index (χ0v) is 17.4. The van der Waals surface area contributed by atoms with Crippen molar-refractivity contribution in [2.75, 3.05) is 17.5 Å². The molecule has 0 aliphatic carbocycles. The molecule has 1 amide bonds. The van der Waals surface area contributed by atoms with Crippen LogP contribution in [0.4, 0.5) is 5.69 Å². The number of sulfonamides is 1. The van der Waals surface area contributed by atoms with Crippen LogP contribution in [-0.2, 0) is 21.4 Å². The lowest BCUT2D eigenvalue weighted by atomic mass is 10.3. The molecule has 2 aromatic carbocycles. The molecule has 0 aliphatic heterocycles. The molecular formula is C22H23N3O4S. The third-order valence-electron chi connectivity index (χ3n) is 4.27. The predicted molar refractivity (Wildman–Crippen MR) is 115 cm³/mol. The highest BCUT2D eigenvalue weighted by molar-refractivity contribution is 7.92. The van der Waals surface area contributed by atoms with Crippen molar-refractivity contribution in [3.8, 4) is 5.75 Å². The number of nitrogens with one attached hydrogen (secondary N) is 1. The maximum absolute atomic E-state index is 13.3. The SMILES string of the molecule is CCOc1ccc(N(CC(=O)NCc2cccnc2)S(=O)(=O)c2ccccc2)cc1. The van der Waals surface area contributed by atoms with Gasteiger partial charge in [0.05, 0.1) is 17.2 Å². The lowest BCUT2D eigenvalue weighted by molar-refractivity contribution is -0.119. The first-order valence-electron chi connectivity index (χ1n) is 9.47. The summed E-state index contributed by atoms with van der Waals surface area (Å²) in [4.78, 5) is 16.7. The van der Waals surface area contributed by atoms with E-state index in [0.717, 1.165) is 9.87 Å².